The molecule has 11 rings (SSSR count). The maximum Gasteiger partial charge on any atom is 0.252 e. The predicted octanol–water partition coefficient (Wildman–Crippen LogP) is 9.47. The Morgan fingerprint density at radius 2 is 0.957 bits per heavy atom. The van der Waals surface area contributed by atoms with Gasteiger partial charge in [0.2, 0.25) is 0 Å². The lowest BCUT2D eigenvalue weighted by Gasteiger charge is -2.57. The van der Waals surface area contributed by atoms with Crippen molar-refractivity contribution >= 4 is 57.2 Å². The minimum atomic E-state index is 0.179. The molecule has 0 spiro atoms. The van der Waals surface area contributed by atoms with Crippen molar-refractivity contribution in [2.24, 2.45) is 17.8 Å². The lowest BCUT2D eigenvalue weighted by Crippen LogP contribution is -2.61. The average molecular weight is 611 g/mol. The molecule has 4 aliphatic carbocycles. The lowest BCUT2D eigenvalue weighted by atomic mass is 9.33. The number of aryl methyl sites for hydroxylation is 4. The molecule has 3 heteroatoms. The van der Waals surface area contributed by atoms with Crippen LogP contribution < -0.4 is 26.2 Å². The third-order valence-corrected chi connectivity index (χ3v) is 12.6. The summed E-state index contributed by atoms with van der Waals surface area (Å²) in [5.41, 5.74) is 19.3. The molecule has 4 bridgehead atoms. The van der Waals surface area contributed by atoms with Gasteiger partial charge in [0.25, 0.3) is 6.71 Å². The van der Waals surface area contributed by atoms with E-state index >= 15 is 0 Å². The Kier molecular flexibility index (Phi) is 5.86. The van der Waals surface area contributed by atoms with Crippen LogP contribution in [0.3, 0.4) is 0 Å². The van der Waals surface area contributed by atoms with Crippen molar-refractivity contribution in [2.75, 3.05) is 9.80 Å². The molecule has 0 saturated heterocycles. The van der Waals surface area contributed by atoms with Crippen molar-refractivity contribution in [1.82, 2.24) is 0 Å². The summed E-state index contributed by atoms with van der Waals surface area (Å²) in [7, 11) is 0. The van der Waals surface area contributed by atoms with Gasteiger partial charge in [-0.1, -0.05) is 48.5 Å². The maximum atomic E-state index is 2.68. The van der Waals surface area contributed by atoms with Crippen molar-refractivity contribution in [3.05, 3.63) is 125 Å². The lowest BCUT2D eigenvalue weighted by molar-refractivity contribution is -0.00514. The van der Waals surface area contributed by atoms with Crippen LogP contribution in [0, 0.1) is 45.4 Å². The minimum absolute atomic E-state index is 0.179. The second kappa shape index (κ2) is 9.89. The normalized spacial score (nSPS) is 24.7. The van der Waals surface area contributed by atoms with E-state index in [0.29, 0.717) is 0 Å². The molecule has 2 aliphatic heterocycles. The van der Waals surface area contributed by atoms with E-state index in [0.717, 1.165) is 17.8 Å². The van der Waals surface area contributed by atoms with Gasteiger partial charge in [-0.3, -0.25) is 0 Å². The molecule has 2 heterocycles. The Morgan fingerprint density at radius 1 is 0.511 bits per heavy atom. The van der Waals surface area contributed by atoms with Gasteiger partial charge in [-0.2, -0.15) is 0 Å². The zero-order chi connectivity index (χ0) is 31.6. The molecule has 2 nitrogen and oxygen atoms in total. The molecule has 0 radical (unpaired) electrons. The van der Waals surface area contributed by atoms with Gasteiger partial charge in [-0.15, -0.1) is 0 Å². The quantitative estimate of drug-likeness (QED) is 0.184. The van der Waals surface area contributed by atoms with Gasteiger partial charge in [-0.05, 0) is 182 Å². The van der Waals surface area contributed by atoms with Gasteiger partial charge >= 0.3 is 0 Å². The van der Waals surface area contributed by atoms with E-state index in [-0.39, 0.29) is 12.1 Å². The smallest absolute Gasteiger partial charge is 0.252 e. The summed E-state index contributed by atoms with van der Waals surface area (Å²) in [5.74, 6) is 2.69. The molecule has 0 amide bonds. The average Bonchev–Trinajstić information content (AvgIpc) is 3.03. The highest BCUT2D eigenvalue weighted by molar-refractivity contribution is 7.00. The summed E-state index contributed by atoms with van der Waals surface area (Å²) in [6.45, 7) is 9.14. The van der Waals surface area contributed by atoms with Crippen molar-refractivity contribution in [3.63, 3.8) is 0 Å². The molecular formula is C44H43BN2. The monoisotopic (exact) mass is 610 g/mol. The Hall–Kier alpha value is -4.24. The van der Waals surface area contributed by atoms with E-state index in [4.69, 9.17) is 0 Å². The topological polar surface area (TPSA) is 6.48 Å². The number of fused-ring (bicyclic) bond motifs is 4. The summed E-state index contributed by atoms with van der Waals surface area (Å²) < 4.78 is 0. The number of rotatable bonds is 3. The van der Waals surface area contributed by atoms with E-state index in [1.807, 2.05) is 0 Å². The predicted molar refractivity (Wildman–Crippen MR) is 199 cm³/mol. The number of hydrogen-bond acceptors (Lipinski definition) is 2. The van der Waals surface area contributed by atoms with E-state index in [1.165, 1.54) is 111 Å². The first kappa shape index (κ1) is 27.8. The highest BCUT2D eigenvalue weighted by Crippen LogP contribution is 2.61. The summed E-state index contributed by atoms with van der Waals surface area (Å²) in [6, 6.07) is 38.1. The summed E-state index contributed by atoms with van der Waals surface area (Å²) in [4.78, 5) is 5.25. The minimum Gasteiger partial charge on any atom is -0.311 e. The van der Waals surface area contributed by atoms with Crippen molar-refractivity contribution in [1.29, 1.82) is 0 Å². The Balaban J connectivity index is 1.32. The third kappa shape index (κ3) is 4.11. The highest BCUT2D eigenvalue weighted by atomic mass is 15.2. The number of hydrogen-bond donors (Lipinski definition) is 0. The Morgan fingerprint density at radius 3 is 1.40 bits per heavy atom. The summed E-state index contributed by atoms with van der Waals surface area (Å²) in [5, 5.41) is 0. The third-order valence-electron chi connectivity index (χ3n) is 12.6. The molecule has 4 fully saturated rings. The standard InChI is InChI=1S/C44H43BN2/c1-27-7-5-9-35(15-27)46-39-17-29(3)11-13-37(39)45-38-14-12-30(4)18-40(38)47(36-10-6-8-28(2)16-36)42-23-34(22-41(46)43(42)45)44-24-31-19-32(25-44)21-33(20-31)26-44/h5-18,22-23,31-33H,19-21,24-26H2,1-4H3. The van der Waals surface area contributed by atoms with Crippen LogP contribution in [0.4, 0.5) is 34.1 Å². The molecule has 4 saturated carbocycles. The van der Waals surface area contributed by atoms with E-state index in [1.54, 1.807) is 5.56 Å². The van der Waals surface area contributed by atoms with Gasteiger partial charge in [0.1, 0.15) is 0 Å². The summed E-state index contributed by atoms with van der Waals surface area (Å²) in [6.07, 6.45) is 8.47. The highest BCUT2D eigenvalue weighted by Gasteiger charge is 2.53. The molecule has 6 aliphatic rings. The molecule has 47 heavy (non-hydrogen) atoms. The molecule has 0 N–H and O–H groups in total. The Labute approximate surface area is 280 Å². The molecule has 0 unspecified atom stereocenters. The van der Waals surface area contributed by atoms with Gasteiger partial charge in [0.05, 0.1) is 0 Å². The molecule has 0 aromatic heterocycles. The molecule has 0 atom stereocenters. The van der Waals surface area contributed by atoms with Crippen LogP contribution in [0.25, 0.3) is 0 Å². The van der Waals surface area contributed by atoms with Crippen molar-refractivity contribution in [2.45, 2.75) is 71.6 Å². The van der Waals surface area contributed by atoms with Gasteiger partial charge in [-0.25, -0.2) is 0 Å². The fourth-order valence-electron chi connectivity index (χ4n) is 11.1. The number of benzene rings is 5. The SMILES string of the molecule is Cc1cccc(N2c3cc(C)ccc3B3c4ccc(C)cc4N(c4cccc(C)c4)c4cc(C56CC7CC(CC(C7)C5)C6)cc2c43)c1. The second-order valence-electron chi connectivity index (χ2n) is 16.0. The number of nitrogens with zero attached hydrogens (tertiary/aromatic N) is 2. The maximum absolute atomic E-state index is 2.68. The van der Waals surface area contributed by atoms with Crippen LogP contribution in [0.1, 0.15) is 66.3 Å². The first-order valence-corrected chi connectivity index (χ1v) is 18.0. The van der Waals surface area contributed by atoms with Crippen LogP contribution >= 0.6 is 0 Å². The largest absolute Gasteiger partial charge is 0.311 e. The molecule has 5 aromatic rings. The second-order valence-corrected chi connectivity index (χ2v) is 16.0. The van der Waals surface area contributed by atoms with Crippen LogP contribution in [0.5, 0.6) is 0 Å². The van der Waals surface area contributed by atoms with E-state index < -0.39 is 0 Å². The first-order valence-electron chi connectivity index (χ1n) is 18.0. The molecular weight excluding hydrogens is 567 g/mol. The van der Waals surface area contributed by atoms with Crippen molar-refractivity contribution < 1.29 is 0 Å². The van der Waals surface area contributed by atoms with Crippen LogP contribution in [0.15, 0.2) is 97.1 Å². The zero-order valence-electron chi connectivity index (χ0n) is 28.2. The fourth-order valence-corrected chi connectivity index (χ4v) is 11.1. The Bertz CT molecular complexity index is 1950. The van der Waals surface area contributed by atoms with Crippen LogP contribution in [-0.4, -0.2) is 6.71 Å². The van der Waals surface area contributed by atoms with Crippen LogP contribution in [0.2, 0.25) is 0 Å². The van der Waals surface area contributed by atoms with Gasteiger partial charge in [0, 0.05) is 34.1 Å². The van der Waals surface area contributed by atoms with E-state index in [2.05, 4.69) is 135 Å². The van der Waals surface area contributed by atoms with Crippen LogP contribution in [-0.2, 0) is 5.41 Å². The number of anilines is 6. The van der Waals surface area contributed by atoms with Gasteiger partial charge < -0.3 is 9.80 Å². The molecule has 232 valence electrons. The van der Waals surface area contributed by atoms with Gasteiger partial charge in [0.15, 0.2) is 0 Å². The summed E-state index contributed by atoms with van der Waals surface area (Å²) >= 11 is 0. The van der Waals surface area contributed by atoms with Crippen molar-refractivity contribution in [3.8, 4) is 0 Å². The van der Waals surface area contributed by atoms with E-state index in [9.17, 15) is 0 Å². The zero-order valence-corrected chi connectivity index (χ0v) is 28.2. The first-order chi connectivity index (χ1) is 22.8. The fraction of sp³-hybridized carbons (Fsp3) is 0.318. The molecule has 5 aromatic carbocycles.